The minimum absolute atomic E-state index is 1.13. The zero-order valence-electron chi connectivity index (χ0n) is 18.2. The molecule has 0 unspecified atom stereocenters. The van der Waals surface area contributed by atoms with E-state index in [9.17, 15) is 0 Å². The van der Waals surface area contributed by atoms with Crippen LogP contribution in [0.1, 0.15) is 0 Å². The summed E-state index contributed by atoms with van der Waals surface area (Å²) in [6.07, 6.45) is 3.73. The predicted molar refractivity (Wildman–Crippen MR) is 146 cm³/mol. The van der Waals surface area contributed by atoms with E-state index in [2.05, 4.69) is 107 Å². The summed E-state index contributed by atoms with van der Waals surface area (Å²) in [5.74, 6) is 0. The Labute approximate surface area is 199 Å². The molecule has 0 aliphatic rings. The Hall–Kier alpha value is -4.21. The molecule has 0 atom stereocenters. The van der Waals surface area contributed by atoms with Crippen molar-refractivity contribution in [3.05, 3.63) is 109 Å². The zero-order chi connectivity index (χ0) is 22.2. The van der Waals surface area contributed by atoms with Gasteiger partial charge in [0.2, 0.25) is 0 Å². The van der Waals surface area contributed by atoms with Gasteiger partial charge in [-0.2, -0.15) is 0 Å². The third-order valence-corrected chi connectivity index (χ3v) is 8.28. The van der Waals surface area contributed by atoms with Gasteiger partial charge in [0.25, 0.3) is 0 Å². The van der Waals surface area contributed by atoms with Crippen molar-refractivity contribution in [3.8, 4) is 5.69 Å². The molecule has 0 amide bonds. The van der Waals surface area contributed by atoms with Gasteiger partial charge in [-0.3, -0.25) is 4.98 Å². The van der Waals surface area contributed by atoms with E-state index in [1.54, 1.807) is 0 Å². The highest BCUT2D eigenvalue weighted by atomic mass is 32.1. The fourth-order valence-electron chi connectivity index (χ4n) is 5.64. The van der Waals surface area contributed by atoms with Crippen LogP contribution < -0.4 is 0 Å². The van der Waals surface area contributed by atoms with Crippen LogP contribution in [0.5, 0.6) is 0 Å². The monoisotopic (exact) mass is 450 g/mol. The first-order valence-electron chi connectivity index (χ1n) is 11.5. The lowest BCUT2D eigenvalue weighted by Crippen LogP contribution is -1.93. The van der Waals surface area contributed by atoms with E-state index in [4.69, 9.17) is 0 Å². The molecule has 0 aliphatic heterocycles. The van der Waals surface area contributed by atoms with E-state index in [-0.39, 0.29) is 0 Å². The molecule has 158 valence electrons. The molecule has 0 radical (unpaired) electrons. The van der Waals surface area contributed by atoms with Crippen molar-refractivity contribution in [1.29, 1.82) is 0 Å². The molecule has 3 heteroatoms. The number of hydrogen-bond acceptors (Lipinski definition) is 2. The Morgan fingerprint density at radius 3 is 2.12 bits per heavy atom. The highest BCUT2D eigenvalue weighted by Crippen LogP contribution is 2.44. The number of thiophene rings is 1. The molecule has 0 N–H and O–H groups in total. The lowest BCUT2D eigenvalue weighted by atomic mass is 9.97. The van der Waals surface area contributed by atoms with Gasteiger partial charge >= 0.3 is 0 Å². The van der Waals surface area contributed by atoms with E-state index in [1.807, 2.05) is 23.7 Å². The molecule has 3 heterocycles. The smallest absolute Gasteiger partial charge is 0.0547 e. The number of nitrogens with zero attached hydrogens (tertiary/aromatic N) is 2. The second-order valence-electron chi connectivity index (χ2n) is 8.82. The van der Waals surface area contributed by atoms with Crippen LogP contribution in [0, 0.1) is 0 Å². The normalized spacial score (nSPS) is 12.1. The van der Waals surface area contributed by atoms with E-state index in [0.29, 0.717) is 0 Å². The van der Waals surface area contributed by atoms with Gasteiger partial charge in [0.1, 0.15) is 0 Å². The Kier molecular flexibility index (Phi) is 3.57. The fraction of sp³-hybridized carbons (Fsp3) is 0. The largest absolute Gasteiger partial charge is 0.309 e. The first kappa shape index (κ1) is 18.2. The lowest BCUT2D eigenvalue weighted by molar-refractivity contribution is 1.16. The SMILES string of the molecule is c1ccc2c(c1)sc1c2ccc2ccc3c(ccc4c3c3ccccc3n4-c3ccncc3)c21. The Balaban J connectivity index is 1.60. The Bertz CT molecular complexity index is 2060. The van der Waals surface area contributed by atoms with Crippen LogP contribution in [-0.2, 0) is 0 Å². The van der Waals surface area contributed by atoms with Gasteiger partial charge in [0.05, 0.1) is 11.0 Å². The van der Waals surface area contributed by atoms with Crippen LogP contribution in [0.15, 0.2) is 109 Å². The molecule has 0 saturated carbocycles. The number of fused-ring (bicyclic) bond motifs is 11. The quantitative estimate of drug-likeness (QED) is 0.228. The predicted octanol–water partition coefficient (Wildman–Crippen LogP) is 8.85. The molecular formula is C31H18N2S. The summed E-state index contributed by atoms with van der Waals surface area (Å²) in [6, 6.07) is 35.4. The van der Waals surface area contributed by atoms with Crippen molar-refractivity contribution in [1.82, 2.24) is 9.55 Å². The van der Waals surface area contributed by atoms with Gasteiger partial charge in [-0.25, -0.2) is 0 Å². The van der Waals surface area contributed by atoms with Crippen LogP contribution in [-0.4, -0.2) is 9.55 Å². The zero-order valence-corrected chi connectivity index (χ0v) is 19.0. The molecule has 0 bridgehead atoms. The minimum Gasteiger partial charge on any atom is -0.309 e. The Morgan fingerprint density at radius 2 is 1.24 bits per heavy atom. The summed E-state index contributed by atoms with van der Waals surface area (Å²) in [6.45, 7) is 0. The van der Waals surface area contributed by atoms with Gasteiger partial charge < -0.3 is 4.57 Å². The highest BCUT2D eigenvalue weighted by molar-refractivity contribution is 7.26. The summed E-state index contributed by atoms with van der Waals surface area (Å²) >= 11 is 1.90. The topological polar surface area (TPSA) is 17.8 Å². The van der Waals surface area contributed by atoms with Gasteiger partial charge in [0, 0.05) is 54.4 Å². The maximum absolute atomic E-state index is 4.23. The molecule has 3 aromatic heterocycles. The van der Waals surface area contributed by atoms with Crippen molar-refractivity contribution in [2.75, 3.05) is 0 Å². The van der Waals surface area contributed by atoms with Gasteiger partial charge in [0.15, 0.2) is 0 Å². The molecule has 5 aromatic carbocycles. The third kappa shape index (κ3) is 2.32. The second kappa shape index (κ2) is 6.66. The highest BCUT2D eigenvalue weighted by Gasteiger charge is 2.17. The standard InChI is InChI=1S/C31H18N2S/c1-3-7-26-25(6-1)30-23-11-9-19-10-12-24-21-5-2-4-8-28(21)34-31(24)29(19)22(23)13-14-27(30)33(26)20-15-17-32-18-16-20/h1-18H. The van der Waals surface area contributed by atoms with Gasteiger partial charge in [-0.05, 0) is 46.5 Å². The number of para-hydroxylation sites is 1. The molecule has 0 saturated heterocycles. The van der Waals surface area contributed by atoms with E-state index >= 15 is 0 Å². The van der Waals surface area contributed by atoms with Crippen molar-refractivity contribution in [2.24, 2.45) is 0 Å². The first-order chi connectivity index (χ1) is 16.9. The third-order valence-electron chi connectivity index (χ3n) is 7.08. The second-order valence-corrected chi connectivity index (χ2v) is 9.87. The van der Waals surface area contributed by atoms with Crippen LogP contribution in [0.25, 0.3) is 69.2 Å². The van der Waals surface area contributed by atoms with E-state index < -0.39 is 0 Å². The number of hydrogen-bond donors (Lipinski definition) is 0. The molecule has 0 spiro atoms. The summed E-state index contributed by atoms with van der Waals surface area (Å²) in [5, 5.41) is 10.6. The average molecular weight is 451 g/mol. The molecule has 0 aliphatic carbocycles. The number of pyridine rings is 1. The van der Waals surface area contributed by atoms with Gasteiger partial charge in [-0.1, -0.05) is 66.7 Å². The molecule has 2 nitrogen and oxygen atoms in total. The molecule has 0 fully saturated rings. The first-order valence-corrected chi connectivity index (χ1v) is 12.3. The molecular weight excluding hydrogens is 432 g/mol. The summed E-state index contributed by atoms with van der Waals surface area (Å²) in [5.41, 5.74) is 3.58. The minimum atomic E-state index is 1.13. The van der Waals surface area contributed by atoms with E-state index in [0.717, 1.165) is 5.69 Å². The summed E-state index contributed by atoms with van der Waals surface area (Å²) < 4.78 is 5.08. The molecule has 34 heavy (non-hydrogen) atoms. The van der Waals surface area contributed by atoms with Crippen LogP contribution >= 0.6 is 11.3 Å². The number of benzene rings is 5. The van der Waals surface area contributed by atoms with Crippen molar-refractivity contribution >= 4 is 74.9 Å². The van der Waals surface area contributed by atoms with Crippen LogP contribution in [0.2, 0.25) is 0 Å². The lowest BCUT2D eigenvalue weighted by Gasteiger charge is -2.09. The summed E-state index contributed by atoms with van der Waals surface area (Å²) in [4.78, 5) is 4.23. The van der Waals surface area contributed by atoms with Crippen LogP contribution in [0.3, 0.4) is 0 Å². The Morgan fingerprint density at radius 1 is 0.529 bits per heavy atom. The maximum Gasteiger partial charge on any atom is 0.0547 e. The van der Waals surface area contributed by atoms with E-state index in [1.165, 1.54) is 63.5 Å². The summed E-state index contributed by atoms with van der Waals surface area (Å²) in [7, 11) is 0. The van der Waals surface area contributed by atoms with Crippen molar-refractivity contribution < 1.29 is 0 Å². The molecule has 8 rings (SSSR count). The molecule has 8 aromatic rings. The fourth-order valence-corrected chi connectivity index (χ4v) is 6.92. The number of rotatable bonds is 1. The van der Waals surface area contributed by atoms with Crippen molar-refractivity contribution in [2.45, 2.75) is 0 Å². The average Bonchev–Trinajstić information content (AvgIpc) is 3.45. The van der Waals surface area contributed by atoms with Crippen LogP contribution in [0.4, 0.5) is 0 Å². The van der Waals surface area contributed by atoms with Crippen molar-refractivity contribution in [3.63, 3.8) is 0 Å². The maximum atomic E-state index is 4.23. The number of aromatic nitrogens is 2. The van der Waals surface area contributed by atoms with Gasteiger partial charge in [-0.15, -0.1) is 11.3 Å².